The van der Waals surface area contributed by atoms with Gasteiger partial charge >= 0.3 is 0 Å². The maximum atomic E-state index is 12.0. The maximum Gasteiger partial charge on any atom is 0.164 e. The summed E-state index contributed by atoms with van der Waals surface area (Å²) in [4.78, 5) is 12.0. The van der Waals surface area contributed by atoms with Crippen LogP contribution in [-0.4, -0.2) is 28.2 Å². The van der Waals surface area contributed by atoms with Gasteiger partial charge in [-0.1, -0.05) is 26.3 Å². The molecule has 3 nitrogen and oxygen atoms in total. The van der Waals surface area contributed by atoms with E-state index in [1.807, 2.05) is 19.9 Å². The summed E-state index contributed by atoms with van der Waals surface area (Å²) in [5, 5.41) is 19.8. The maximum absolute atomic E-state index is 12.0. The molecule has 0 spiro atoms. The fraction of sp³-hybridized carbons (Fsp3) is 0.786. The predicted molar refractivity (Wildman–Crippen MR) is 67.6 cm³/mol. The van der Waals surface area contributed by atoms with Gasteiger partial charge in [0.2, 0.25) is 0 Å². The van der Waals surface area contributed by atoms with Crippen molar-refractivity contribution in [3.63, 3.8) is 0 Å². The molecule has 98 valence electrons. The molecule has 0 radical (unpaired) electrons. The van der Waals surface area contributed by atoms with Crippen molar-refractivity contribution in [2.24, 2.45) is 11.8 Å². The van der Waals surface area contributed by atoms with Gasteiger partial charge in [-0.25, -0.2) is 0 Å². The van der Waals surface area contributed by atoms with Gasteiger partial charge in [0.15, 0.2) is 5.78 Å². The van der Waals surface area contributed by atoms with Crippen molar-refractivity contribution >= 4 is 5.78 Å². The smallest absolute Gasteiger partial charge is 0.164 e. The Hall–Kier alpha value is -0.670. The summed E-state index contributed by atoms with van der Waals surface area (Å²) in [7, 11) is 0. The van der Waals surface area contributed by atoms with Crippen LogP contribution in [0.1, 0.15) is 46.5 Å². The molecule has 0 amide bonds. The molecule has 0 saturated heterocycles. The Bertz CT molecular complexity index is 296. The van der Waals surface area contributed by atoms with Crippen LogP contribution in [0.3, 0.4) is 0 Å². The largest absolute Gasteiger partial charge is 0.393 e. The fourth-order valence-electron chi connectivity index (χ4n) is 2.60. The number of hydrogen-bond donors (Lipinski definition) is 2. The lowest BCUT2D eigenvalue weighted by molar-refractivity contribution is -0.123. The third-order valence-electron chi connectivity index (χ3n) is 3.63. The van der Waals surface area contributed by atoms with E-state index in [1.54, 1.807) is 6.92 Å². The van der Waals surface area contributed by atoms with E-state index in [1.165, 1.54) is 0 Å². The van der Waals surface area contributed by atoms with E-state index in [9.17, 15) is 15.0 Å². The number of hydrogen-bond acceptors (Lipinski definition) is 3. The van der Waals surface area contributed by atoms with Crippen molar-refractivity contribution in [3.05, 3.63) is 11.6 Å². The van der Waals surface area contributed by atoms with E-state index in [0.29, 0.717) is 19.3 Å². The number of Topliss-reactive ketones (excluding diaryl/α,β-unsaturated/α-hetero) is 1. The average molecular weight is 240 g/mol. The molecule has 0 bridgehead atoms. The first-order valence-electron chi connectivity index (χ1n) is 6.60. The van der Waals surface area contributed by atoms with Crippen molar-refractivity contribution in [2.45, 2.75) is 58.7 Å². The molecule has 1 rings (SSSR count). The van der Waals surface area contributed by atoms with E-state index in [2.05, 4.69) is 0 Å². The molecule has 4 atom stereocenters. The lowest BCUT2D eigenvalue weighted by Crippen LogP contribution is -2.32. The normalized spacial score (nSPS) is 28.1. The van der Waals surface area contributed by atoms with Gasteiger partial charge in [-0.3, -0.25) is 4.79 Å². The van der Waals surface area contributed by atoms with Crippen LogP contribution in [0.15, 0.2) is 11.6 Å². The molecule has 0 aliphatic heterocycles. The van der Waals surface area contributed by atoms with Crippen LogP contribution in [-0.2, 0) is 4.79 Å². The molecule has 0 unspecified atom stereocenters. The van der Waals surface area contributed by atoms with E-state index >= 15 is 0 Å². The first kappa shape index (κ1) is 14.4. The van der Waals surface area contributed by atoms with E-state index < -0.39 is 6.10 Å². The van der Waals surface area contributed by atoms with Crippen molar-refractivity contribution < 1.29 is 15.0 Å². The summed E-state index contributed by atoms with van der Waals surface area (Å²) in [5.41, 5.74) is 0.735. The number of aliphatic hydroxyl groups is 2. The van der Waals surface area contributed by atoms with Gasteiger partial charge in [-0.2, -0.15) is 0 Å². The molecule has 1 aliphatic carbocycles. The Kier molecular flexibility index (Phi) is 5.34. The molecular formula is C14H24O3. The fourth-order valence-corrected chi connectivity index (χ4v) is 2.60. The predicted octanol–water partition coefficient (Wildman–Crippen LogP) is 2.07. The van der Waals surface area contributed by atoms with Crippen LogP contribution in [0.5, 0.6) is 0 Å². The zero-order valence-corrected chi connectivity index (χ0v) is 11.0. The molecule has 0 aromatic carbocycles. The molecule has 1 aliphatic rings. The van der Waals surface area contributed by atoms with Crippen molar-refractivity contribution in [1.82, 2.24) is 0 Å². The Labute approximate surface area is 104 Å². The summed E-state index contributed by atoms with van der Waals surface area (Å²) in [6.45, 7) is 5.72. The molecule has 0 saturated carbocycles. The van der Waals surface area contributed by atoms with Gasteiger partial charge in [0, 0.05) is 0 Å². The highest BCUT2D eigenvalue weighted by Gasteiger charge is 2.38. The number of aliphatic hydroxyl groups excluding tert-OH is 2. The molecular weight excluding hydrogens is 216 g/mol. The van der Waals surface area contributed by atoms with Gasteiger partial charge in [-0.15, -0.1) is 0 Å². The van der Waals surface area contributed by atoms with Crippen molar-refractivity contribution in [3.8, 4) is 0 Å². The highest BCUT2D eigenvalue weighted by atomic mass is 16.3. The summed E-state index contributed by atoms with van der Waals surface area (Å²) in [6, 6.07) is 0. The van der Waals surface area contributed by atoms with Crippen LogP contribution in [0, 0.1) is 11.8 Å². The van der Waals surface area contributed by atoms with Gasteiger partial charge < -0.3 is 10.2 Å². The minimum Gasteiger partial charge on any atom is -0.393 e. The van der Waals surface area contributed by atoms with E-state index in [4.69, 9.17) is 0 Å². The Morgan fingerprint density at radius 2 is 2.00 bits per heavy atom. The molecule has 0 aromatic rings. The Balaban J connectivity index is 2.74. The number of ketones is 1. The number of allylic oxidation sites excluding steroid dienone is 2. The average Bonchev–Trinajstić information content (AvgIpc) is 2.54. The minimum atomic E-state index is -0.574. The van der Waals surface area contributed by atoms with Crippen LogP contribution in [0.25, 0.3) is 0 Å². The Morgan fingerprint density at radius 1 is 1.35 bits per heavy atom. The topological polar surface area (TPSA) is 57.5 Å². The second-order valence-corrected chi connectivity index (χ2v) is 5.06. The second kappa shape index (κ2) is 6.31. The number of carbonyl (C=O) groups is 1. The zero-order valence-electron chi connectivity index (χ0n) is 11.0. The highest BCUT2D eigenvalue weighted by Crippen LogP contribution is 2.34. The van der Waals surface area contributed by atoms with E-state index in [-0.39, 0.29) is 23.7 Å². The lowest BCUT2D eigenvalue weighted by atomic mass is 9.83. The van der Waals surface area contributed by atoms with Crippen LogP contribution >= 0.6 is 0 Å². The zero-order chi connectivity index (χ0) is 13.0. The van der Waals surface area contributed by atoms with Crippen molar-refractivity contribution in [2.75, 3.05) is 0 Å². The SMILES string of the molecule is CCC[C@H](O)[C@@H]1C(=O)C(C)=C[C@H]1C[C@@H](O)CC. The van der Waals surface area contributed by atoms with Crippen LogP contribution < -0.4 is 0 Å². The second-order valence-electron chi connectivity index (χ2n) is 5.06. The summed E-state index contributed by atoms with van der Waals surface area (Å²) >= 11 is 0. The first-order valence-corrected chi connectivity index (χ1v) is 6.60. The molecule has 0 heterocycles. The van der Waals surface area contributed by atoms with Crippen LogP contribution in [0.4, 0.5) is 0 Å². The van der Waals surface area contributed by atoms with Crippen LogP contribution in [0.2, 0.25) is 0 Å². The molecule has 17 heavy (non-hydrogen) atoms. The van der Waals surface area contributed by atoms with Gasteiger partial charge in [0.25, 0.3) is 0 Å². The lowest BCUT2D eigenvalue weighted by Gasteiger charge is -2.24. The summed E-state index contributed by atoms with van der Waals surface area (Å²) in [5.74, 6) is -0.283. The van der Waals surface area contributed by atoms with Gasteiger partial charge in [0.05, 0.1) is 18.1 Å². The first-order chi connectivity index (χ1) is 8.01. The molecule has 3 heteroatoms. The van der Waals surface area contributed by atoms with Gasteiger partial charge in [0.1, 0.15) is 0 Å². The molecule has 2 N–H and O–H groups in total. The van der Waals surface area contributed by atoms with Crippen molar-refractivity contribution in [1.29, 1.82) is 0 Å². The standard InChI is InChI=1S/C14H24O3/c1-4-6-12(16)13-10(8-11(15)5-2)7-9(3)14(13)17/h7,10-13,15-16H,4-6,8H2,1-3H3/t10-,11-,12-,13+/m0/s1. The Morgan fingerprint density at radius 3 is 2.53 bits per heavy atom. The third-order valence-corrected chi connectivity index (χ3v) is 3.63. The summed E-state index contributed by atoms with van der Waals surface area (Å²) in [6.07, 6.45) is 3.74. The third kappa shape index (κ3) is 3.39. The molecule has 0 fully saturated rings. The van der Waals surface area contributed by atoms with Gasteiger partial charge in [-0.05, 0) is 37.7 Å². The number of rotatable bonds is 6. The monoisotopic (exact) mass is 240 g/mol. The highest BCUT2D eigenvalue weighted by molar-refractivity contribution is 5.99. The molecule has 0 aromatic heterocycles. The minimum absolute atomic E-state index is 0.000926. The number of carbonyl (C=O) groups excluding carboxylic acids is 1. The quantitative estimate of drug-likeness (QED) is 0.747. The summed E-state index contributed by atoms with van der Waals surface area (Å²) < 4.78 is 0. The van der Waals surface area contributed by atoms with E-state index in [0.717, 1.165) is 12.0 Å².